The molecule has 1 heterocycles. The highest BCUT2D eigenvalue weighted by molar-refractivity contribution is 5.94. The molecule has 1 N–H and O–H groups in total. The first kappa shape index (κ1) is 25.9. The average Bonchev–Trinajstić information content (AvgIpc) is 3.37. The molecule has 1 saturated heterocycles. The van der Waals surface area contributed by atoms with Crippen LogP contribution in [0.4, 0.5) is 10.1 Å². The summed E-state index contributed by atoms with van der Waals surface area (Å²) < 4.78 is 14.4. The molecule has 1 unspecified atom stereocenters. The van der Waals surface area contributed by atoms with Crippen molar-refractivity contribution < 1.29 is 9.18 Å². The molecule has 1 aliphatic rings. The molecule has 0 radical (unpaired) electrons. The van der Waals surface area contributed by atoms with Crippen LogP contribution in [-0.2, 0) is 0 Å². The number of nitriles is 2. The molecule has 2 atom stereocenters. The lowest BCUT2D eigenvalue weighted by molar-refractivity contribution is 0.0933. The van der Waals surface area contributed by atoms with Crippen LogP contribution < -0.4 is 10.2 Å². The Hall–Kier alpha value is -4.20. The zero-order chi connectivity index (χ0) is 26.4. The van der Waals surface area contributed by atoms with E-state index in [0.717, 1.165) is 48.8 Å². The van der Waals surface area contributed by atoms with E-state index in [2.05, 4.69) is 59.4 Å². The summed E-state index contributed by atoms with van der Waals surface area (Å²) >= 11 is 0. The molecule has 37 heavy (non-hydrogen) atoms. The third kappa shape index (κ3) is 5.97. The Labute approximate surface area is 217 Å². The van der Waals surface area contributed by atoms with Crippen molar-refractivity contribution in [3.05, 3.63) is 100 Å². The van der Waals surface area contributed by atoms with E-state index < -0.39 is 11.7 Å². The Morgan fingerprint density at radius 2 is 1.68 bits per heavy atom. The van der Waals surface area contributed by atoms with E-state index in [0.29, 0.717) is 12.1 Å². The maximum Gasteiger partial charge on any atom is 0.254 e. The van der Waals surface area contributed by atoms with Gasteiger partial charge in [-0.15, -0.1) is 0 Å². The molecule has 1 fully saturated rings. The topological polar surface area (TPSA) is 83.2 Å². The highest BCUT2D eigenvalue weighted by atomic mass is 19.1. The van der Waals surface area contributed by atoms with Crippen molar-refractivity contribution in [2.24, 2.45) is 0 Å². The lowest BCUT2D eigenvalue weighted by Gasteiger charge is -2.29. The van der Waals surface area contributed by atoms with Crippen LogP contribution in [0.25, 0.3) is 0 Å². The van der Waals surface area contributed by atoms with Gasteiger partial charge in [0.15, 0.2) is 0 Å². The van der Waals surface area contributed by atoms with Crippen molar-refractivity contribution in [3.8, 4) is 12.1 Å². The van der Waals surface area contributed by atoms with Crippen LogP contribution in [0.1, 0.15) is 58.4 Å². The second kappa shape index (κ2) is 11.7. The van der Waals surface area contributed by atoms with Gasteiger partial charge in [-0.3, -0.25) is 9.69 Å². The number of hydrogen-bond donors (Lipinski definition) is 1. The predicted molar refractivity (Wildman–Crippen MR) is 142 cm³/mol. The molecule has 0 aromatic heterocycles. The second-order valence-electron chi connectivity index (χ2n) is 9.41. The van der Waals surface area contributed by atoms with Gasteiger partial charge >= 0.3 is 0 Å². The molecule has 0 aliphatic carbocycles. The number of amides is 1. The zero-order valence-electron chi connectivity index (χ0n) is 21.1. The van der Waals surface area contributed by atoms with E-state index >= 15 is 0 Å². The Kier molecular flexibility index (Phi) is 8.18. The van der Waals surface area contributed by atoms with Crippen molar-refractivity contribution in [3.63, 3.8) is 0 Å². The third-order valence-electron chi connectivity index (χ3n) is 6.83. The number of likely N-dealkylation sites (tertiary alicyclic amines) is 1. The van der Waals surface area contributed by atoms with Crippen LogP contribution in [0.3, 0.4) is 0 Å². The van der Waals surface area contributed by atoms with Gasteiger partial charge in [0.05, 0.1) is 34.9 Å². The van der Waals surface area contributed by atoms with Crippen molar-refractivity contribution >= 4 is 11.6 Å². The van der Waals surface area contributed by atoms with E-state index in [1.165, 1.54) is 12.1 Å². The fraction of sp³-hybridized carbons (Fsp3) is 0.300. The molecule has 188 valence electrons. The number of anilines is 1. The van der Waals surface area contributed by atoms with Crippen LogP contribution in [0, 0.1) is 28.5 Å². The highest BCUT2D eigenvalue weighted by Gasteiger charge is 2.31. The predicted octanol–water partition coefficient (Wildman–Crippen LogP) is 5.01. The Morgan fingerprint density at radius 1 is 1.05 bits per heavy atom. The third-order valence-corrected chi connectivity index (χ3v) is 6.83. The number of nitrogens with zero attached hydrogens (tertiary/aromatic N) is 4. The molecule has 4 rings (SSSR count). The molecular formula is C30H30FN5O. The first-order valence-electron chi connectivity index (χ1n) is 12.5. The fourth-order valence-corrected chi connectivity index (χ4v) is 4.90. The Balaban J connectivity index is 1.54. The fourth-order valence-electron chi connectivity index (χ4n) is 4.90. The van der Waals surface area contributed by atoms with Crippen LogP contribution in [0.5, 0.6) is 0 Å². The summed E-state index contributed by atoms with van der Waals surface area (Å²) in [5.74, 6) is -1.18. The van der Waals surface area contributed by atoms with Gasteiger partial charge in [0.2, 0.25) is 0 Å². The summed E-state index contributed by atoms with van der Waals surface area (Å²) in [4.78, 5) is 17.3. The Morgan fingerprint density at radius 3 is 2.27 bits per heavy atom. The van der Waals surface area contributed by atoms with Gasteiger partial charge in [0.1, 0.15) is 5.82 Å². The molecule has 1 amide bonds. The number of carbonyl (C=O) groups is 1. The molecule has 7 heteroatoms. The quantitative estimate of drug-likeness (QED) is 0.475. The number of benzene rings is 3. The van der Waals surface area contributed by atoms with E-state index in [4.69, 9.17) is 5.26 Å². The monoisotopic (exact) mass is 495 g/mol. The normalized spacial score (nSPS) is 16.0. The van der Waals surface area contributed by atoms with Gasteiger partial charge in [-0.25, -0.2) is 4.39 Å². The first-order chi connectivity index (χ1) is 17.9. The van der Waals surface area contributed by atoms with E-state index in [-0.39, 0.29) is 23.2 Å². The minimum Gasteiger partial charge on any atom is -0.375 e. The summed E-state index contributed by atoms with van der Waals surface area (Å²) in [7, 11) is 2.08. The standard InChI is InChI=1S/C30H30FN5O/c1-3-15-35(2)26-11-9-24(10-12-26)29(23-7-4-21(18-32)5-8-23)36-16-14-25(20-36)34-30(37)27-13-6-22(19-33)17-28(27)31/h4-13,17,25,29H,3,14-16,20H2,1-2H3,(H,34,37)/t25?,29-/m1/s1. The van der Waals surface area contributed by atoms with E-state index in [9.17, 15) is 14.4 Å². The number of carbonyl (C=O) groups excluding carboxylic acids is 1. The minimum absolute atomic E-state index is 0.0492. The molecule has 0 bridgehead atoms. The maximum absolute atomic E-state index is 14.4. The van der Waals surface area contributed by atoms with Crippen LogP contribution in [0.15, 0.2) is 66.7 Å². The number of nitrogens with one attached hydrogen (secondary N) is 1. The number of hydrogen-bond acceptors (Lipinski definition) is 5. The van der Waals surface area contributed by atoms with Crippen molar-refractivity contribution in [1.29, 1.82) is 10.5 Å². The SMILES string of the molecule is CCCN(C)c1ccc([C@@H](c2ccc(C#N)cc2)N2CCC(NC(=O)c3ccc(C#N)cc3F)C2)cc1. The number of halogens is 1. The lowest BCUT2D eigenvalue weighted by Crippen LogP contribution is -2.38. The summed E-state index contributed by atoms with van der Waals surface area (Å²) in [5.41, 5.74) is 4.07. The summed E-state index contributed by atoms with van der Waals surface area (Å²) in [6.07, 6.45) is 1.80. The van der Waals surface area contributed by atoms with Crippen molar-refractivity contribution in [2.75, 3.05) is 31.6 Å². The van der Waals surface area contributed by atoms with Gasteiger partial charge in [-0.2, -0.15) is 10.5 Å². The molecule has 0 spiro atoms. The van der Waals surface area contributed by atoms with Crippen LogP contribution >= 0.6 is 0 Å². The summed E-state index contributed by atoms with van der Waals surface area (Å²) in [6, 6.07) is 23.9. The van der Waals surface area contributed by atoms with Crippen LogP contribution in [0.2, 0.25) is 0 Å². The molecule has 1 aliphatic heterocycles. The van der Waals surface area contributed by atoms with Gasteiger partial charge in [-0.1, -0.05) is 31.2 Å². The summed E-state index contributed by atoms with van der Waals surface area (Å²) in [5, 5.41) is 21.1. The lowest BCUT2D eigenvalue weighted by atomic mass is 9.96. The van der Waals surface area contributed by atoms with Gasteiger partial charge in [0.25, 0.3) is 5.91 Å². The molecule has 0 saturated carbocycles. The largest absolute Gasteiger partial charge is 0.375 e. The zero-order valence-corrected chi connectivity index (χ0v) is 21.1. The van der Waals surface area contributed by atoms with Crippen molar-refractivity contribution in [1.82, 2.24) is 10.2 Å². The Bertz CT molecular complexity index is 1320. The summed E-state index contributed by atoms with van der Waals surface area (Å²) in [6.45, 7) is 4.49. The molecule has 3 aromatic carbocycles. The molecule has 6 nitrogen and oxygen atoms in total. The molecular weight excluding hydrogens is 465 g/mol. The van der Waals surface area contributed by atoms with Crippen molar-refractivity contribution in [2.45, 2.75) is 31.8 Å². The van der Waals surface area contributed by atoms with Gasteiger partial charge in [-0.05, 0) is 66.4 Å². The van der Waals surface area contributed by atoms with E-state index in [1.54, 1.807) is 0 Å². The average molecular weight is 496 g/mol. The van der Waals surface area contributed by atoms with Gasteiger partial charge in [0, 0.05) is 38.4 Å². The van der Waals surface area contributed by atoms with Gasteiger partial charge < -0.3 is 10.2 Å². The van der Waals surface area contributed by atoms with Crippen LogP contribution in [-0.4, -0.2) is 43.5 Å². The highest BCUT2D eigenvalue weighted by Crippen LogP contribution is 2.33. The number of rotatable bonds is 8. The van der Waals surface area contributed by atoms with E-state index in [1.807, 2.05) is 30.3 Å². The minimum atomic E-state index is -0.699. The first-order valence-corrected chi connectivity index (χ1v) is 12.5. The maximum atomic E-state index is 14.4. The molecule has 3 aromatic rings. The second-order valence-corrected chi connectivity index (χ2v) is 9.41. The smallest absolute Gasteiger partial charge is 0.254 e.